The van der Waals surface area contributed by atoms with E-state index in [1.165, 1.54) is 5.70 Å². The first-order valence-corrected chi connectivity index (χ1v) is 4.03. The van der Waals surface area contributed by atoms with Crippen LogP contribution in [0, 0.1) is 0 Å². The Balaban J connectivity index is 2.42. The van der Waals surface area contributed by atoms with Crippen molar-refractivity contribution in [1.82, 2.24) is 4.90 Å². The molecule has 0 N–H and O–H groups in total. The second kappa shape index (κ2) is 2.97. The Morgan fingerprint density at radius 3 is 3.22 bits per heavy atom. The monoisotopic (exact) mass is 141 g/mol. The van der Waals surface area contributed by atoms with Crippen molar-refractivity contribution in [2.45, 2.75) is 6.92 Å². The number of hydrogen-bond acceptors (Lipinski definition) is 2. The summed E-state index contributed by atoms with van der Waals surface area (Å²) in [5.41, 5.74) is 1.36. The molecule has 0 unspecified atom stereocenters. The molecular weight excluding hydrogens is 130 g/mol. The van der Waals surface area contributed by atoms with Crippen molar-refractivity contribution in [3.63, 3.8) is 0 Å². The standard InChI is InChI=1S/C7H11NS/c1-3-4-8-6-9-5-7(8)2/h3,5H,1,4,6H2,2H3. The highest BCUT2D eigenvalue weighted by Gasteiger charge is 2.07. The molecule has 2 heteroatoms. The summed E-state index contributed by atoms with van der Waals surface area (Å²) in [5.74, 6) is 1.10. The second-order valence-corrected chi connectivity index (χ2v) is 2.89. The molecule has 0 fully saturated rings. The Hall–Kier alpha value is -0.370. The molecule has 1 aliphatic heterocycles. The van der Waals surface area contributed by atoms with E-state index < -0.39 is 0 Å². The SMILES string of the molecule is C=CCN1CSC=C1C. The third-order valence-corrected chi connectivity index (χ3v) is 2.30. The van der Waals surface area contributed by atoms with Crippen molar-refractivity contribution in [2.24, 2.45) is 0 Å². The third kappa shape index (κ3) is 1.52. The molecule has 0 saturated heterocycles. The molecule has 0 spiro atoms. The minimum Gasteiger partial charge on any atom is -0.361 e. The van der Waals surface area contributed by atoms with E-state index in [0.717, 1.165) is 12.4 Å². The average molecular weight is 141 g/mol. The Morgan fingerprint density at radius 2 is 2.78 bits per heavy atom. The van der Waals surface area contributed by atoms with Crippen LogP contribution in [0.15, 0.2) is 23.8 Å². The molecule has 9 heavy (non-hydrogen) atoms. The first kappa shape index (κ1) is 6.75. The van der Waals surface area contributed by atoms with Crippen LogP contribution >= 0.6 is 11.8 Å². The smallest absolute Gasteiger partial charge is 0.0681 e. The second-order valence-electron chi connectivity index (χ2n) is 2.07. The lowest BCUT2D eigenvalue weighted by Gasteiger charge is -2.15. The summed E-state index contributed by atoms with van der Waals surface area (Å²) in [6, 6.07) is 0. The lowest BCUT2D eigenvalue weighted by Crippen LogP contribution is -2.16. The summed E-state index contributed by atoms with van der Waals surface area (Å²) >= 11 is 1.85. The molecule has 0 aromatic rings. The summed E-state index contributed by atoms with van der Waals surface area (Å²) in [7, 11) is 0. The molecule has 0 radical (unpaired) electrons. The van der Waals surface area contributed by atoms with Crippen molar-refractivity contribution < 1.29 is 0 Å². The van der Waals surface area contributed by atoms with Gasteiger partial charge < -0.3 is 4.90 Å². The molecule has 0 aromatic carbocycles. The van der Waals surface area contributed by atoms with Crippen molar-refractivity contribution in [3.8, 4) is 0 Å². The highest BCUT2D eigenvalue weighted by molar-refractivity contribution is 8.02. The molecule has 50 valence electrons. The van der Waals surface area contributed by atoms with Gasteiger partial charge in [0.2, 0.25) is 0 Å². The Labute approximate surface area is 60.4 Å². The summed E-state index contributed by atoms with van der Waals surface area (Å²) < 4.78 is 0. The van der Waals surface area contributed by atoms with Gasteiger partial charge in [0.1, 0.15) is 0 Å². The largest absolute Gasteiger partial charge is 0.361 e. The quantitative estimate of drug-likeness (QED) is 0.541. The Morgan fingerprint density at radius 1 is 2.00 bits per heavy atom. The zero-order valence-corrected chi connectivity index (χ0v) is 6.45. The summed E-state index contributed by atoms with van der Waals surface area (Å²) in [6.07, 6.45) is 1.93. The van der Waals surface area contributed by atoms with Crippen LogP contribution in [-0.2, 0) is 0 Å². The highest BCUT2D eigenvalue weighted by atomic mass is 32.2. The van der Waals surface area contributed by atoms with Crippen LogP contribution in [0.5, 0.6) is 0 Å². The van der Waals surface area contributed by atoms with Gasteiger partial charge in [0, 0.05) is 12.2 Å². The van der Waals surface area contributed by atoms with Gasteiger partial charge in [-0.2, -0.15) is 0 Å². The number of nitrogens with zero attached hydrogens (tertiary/aromatic N) is 1. The van der Waals surface area contributed by atoms with Gasteiger partial charge in [-0.25, -0.2) is 0 Å². The van der Waals surface area contributed by atoms with E-state index in [0.29, 0.717) is 0 Å². The fraction of sp³-hybridized carbons (Fsp3) is 0.429. The zero-order chi connectivity index (χ0) is 6.69. The first-order chi connectivity index (χ1) is 4.34. The average Bonchev–Trinajstić information content (AvgIpc) is 2.18. The molecule has 0 bridgehead atoms. The van der Waals surface area contributed by atoms with Crippen LogP contribution in [0.3, 0.4) is 0 Å². The van der Waals surface area contributed by atoms with Crippen LogP contribution in [0.25, 0.3) is 0 Å². The van der Waals surface area contributed by atoms with Gasteiger partial charge in [0.05, 0.1) is 5.88 Å². The molecule has 0 aromatic heterocycles. The third-order valence-electron chi connectivity index (χ3n) is 1.33. The number of allylic oxidation sites excluding steroid dienone is 1. The summed E-state index contributed by atoms with van der Waals surface area (Å²) in [4.78, 5) is 2.29. The highest BCUT2D eigenvalue weighted by Crippen LogP contribution is 2.21. The minimum absolute atomic E-state index is 0.981. The molecule has 0 saturated carbocycles. The van der Waals surface area contributed by atoms with Gasteiger partial charge in [-0.3, -0.25) is 0 Å². The number of hydrogen-bond donors (Lipinski definition) is 0. The van der Waals surface area contributed by atoms with Gasteiger partial charge in [-0.05, 0) is 12.3 Å². The fourth-order valence-corrected chi connectivity index (χ4v) is 1.73. The van der Waals surface area contributed by atoms with Crippen LogP contribution in [0.4, 0.5) is 0 Å². The van der Waals surface area contributed by atoms with E-state index in [-0.39, 0.29) is 0 Å². The predicted octanol–water partition coefficient (Wildman–Crippen LogP) is 2.04. The topological polar surface area (TPSA) is 3.24 Å². The van der Waals surface area contributed by atoms with Gasteiger partial charge in [0.25, 0.3) is 0 Å². The number of thioether (sulfide) groups is 1. The van der Waals surface area contributed by atoms with Crippen LogP contribution in [-0.4, -0.2) is 17.3 Å². The summed E-state index contributed by atoms with van der Waals surface area (Å²) in [6.45, 7) is 6.79. The molecule has 1 heterocycles. The van der Waals surface area contributed by atoms with E-state index in [4.69, 9.17) is 0 Å². The van der Waals surface area contributed by atoms with Crippen LogP contribution in [0.1, 0.15) is 6.92 Å². The van der Waals surface area contributed by atoms with E-state index >= 15 is 0 Å². The maximum absolute atomic E-state index is 3.68. The van der Waals surface area contributed by atoms with Gasteiger partial charge in [-0.15, -0.1) is 18.3 Å². The fourth-order valence-electron chi connectivity index (χ4n) is 0.777. The van der Waals surface area contributed by atoms with Gasteiger partial charge in [-0.1, -0.05) is 6.08 Å². The van der Waals surface area contributed by atoms with Crippen LogP contribution in [0.2, 0.25) is 0 Å². The molecular formula is C7H11NS. The normalized spacial score (nSPS) is 17.9. The first-order valence-electron chi connectivity index (χ1n) is 2.99. The van der Waals surface area contributed by atoms with E-state index in [9.17, 15) is 0 Å². The van der Waals surface area contributed by atoms with Crippen molar-refractivity contribution >= 4 is 11.8 Å². The molecule has 1 nitrogen and oxygen atoms in total. The summed E-state index contributed by atoms with van der Waals surface area (Å²) in [5, 5.41) is 2.18. The predicted molar refractivity (Wildman–Crippen MR) is 43.1 cm³/mol. The van der Waals surface area contributed by atoms with Crippen LogP contribution < -0.4 is 0 Å². The maximum atomic E-state index is 3.68. The van der Waals surface area contributed by atoms with Crippen molar-refractivity contribution in [1.29, 1.82) is 0 Å². The number of rotatable bonds is 2. The van der Waals surface area contributed by atoms with Gasteiger partial charge >= 0.3 is 0 Å². The molecule has 0 amide bonds. The lowest BCUT2D eigenvalue weighted by molar-refractivity contribution is 0.458. The van der Waals surface area contributed by atoms with E-state index in [1.807, 2.05) is 17.8 Å². The molecule has 0 aliphatic carbocycles. The van der Waals surface area contributed by atoms with Crippen molar-refractivity contribution in [3.05, 3.63) is 23.8 Å². The molecule has 1 aliphatic rings. The van der Waals surface area contributed by atoms with E-state index in [2.05, 4.69) is 23.8 Å². The van der Waals surface area contributed by atoms with Gasteiger partial charge in [0.15, 0.2) is 0 Å². The zero-order valence-electron chi connectivity index (χ0n) is 5.63. The van der Waals surface area contributed by atoms with E-state index in [1.54, 1.807) is 0 Å². The lowest BCUT2D eigenvalue weighted by atomic mass is 10.4. The Bertz CT molecular complexity index is 140. The molecule has 0 atom stereocenters. The maximum Gasteiger partial charge on any atom is 0.0681 e. The minimum atomic E-state index is 0.981. The van der Waals surface area contributed by atoms with Crippen molar-refractivity contribution in [2.75, 3.05) is 12.4 Å². The molecule has 1 rings (SSSR count). The Kier molecular flexibility index (Phi) is 2.22.